The van der Waals surface area contributed by atoms with Crippen LogP contribution < -0.4 is 21.3 Å². The fourth-order valence-electron chi connectivity index (χ4n) is 4.01. The minimum atomic E-state index is -5.01. The molecule has 2 saturated heterocycles. The number of amides is 3. The number of alkyl halides is 3. The number of carboxylic acids is 1. The zero-order chi connectivity index (χ0) is 28.5. The van der Waals surface area contributed by atoms with Crippen molar-refractivity contribution >= 4 is 41.6 Å². The molecule has 2 fully saturated rings. The molecule has 0 aromatic heterocycles. The first-order valence-electron chi connectivity index (χ1n) is 12.5. The van der Waals surface area contributed by atoms with E-state index in [0.29, 0.717) is 38.0 Å². The Bertz CT molecular complexity index is 896. The summed E-state index contributed by atoms with van der Waals surface area (Å²) in [5.41, 5.74) is -0.736. The molecule has 2 heterocycles. The lowest BCUT2D eigenvalue weighted by Gasteiger charge is -2.22. The highest BCUT2D eigenvalue weighted by Crippen LogP contribution is 2.33. The summed E-state index contributed by atoms with van der Waals surface area (Å²) in [5.74, 6) is -2.90. The lowest BCUT2D eigenvalue weighted by molar-refractivity contribution is -0.169. The second-order valence-corrected chi connectivity index (χ2v) is 11.5. The van der Waals surface area contributed by atoms with Crippen LogP contribution in [0.1, 0.15) is 65.7 Å². The minimum absolute atomic E-state index is 0.104. The number of nitrogens with one attached hydrogen (secondary N) is 4. The first kappa shape index (κ1) is 31.5. The van der Waals surface area contributed by atoms with E-state index in [0.717, 1.165) is 12.8 Å². The number of guanidine groups is 1. The van der Waals surface area contributed by atoms with Gasteiger partial charge in [0.25, 0.3) is 0 Å². The summed E-state index contributed by atoms with van der Waals surface area (Å²) in [6, 6.07) is -1.31. The van der Waals surface area contributed by atoms with Crippen LogP contribution in [0, 0.1) is 0 Å². The van der Waals surface area contributed by atoms with Gasteiger partial charge in [0.15, 0.2) is 5.96 Å². The molecule has 0 radical (unpaired) electrons. The van der Waals surface area contributed by atoms with Crippen molar-refractivity contribution in [3.8, 4) is 0 Å². The highest BCUT2D eigenvalue weighted by atomic mass is 32.2. The average Bonchev–Trinajstić information content (AvgIpc) is 3.34. The molecule has 11 nitrogen and oxygen atoms in total. The molecule has 5 N–H and O–H groups in total. The number of alkyl carbamates (subject to hydrolysis) is 1. The zero-order valence-corrected chi connectivity index (χ0v) is 22.5. The molecule has 0 aliphatic carbocycles. The van der Waals surface area contributed by atoms with Gasteiger partial charge in [-0.2, -0.15) is 29.9 Å². The Morgan fingerprint density at radius 1 is 1.13 bits per heavy atom. The molecule has 216 valence electrons. The van der Waals surface area contributed by atoms with E-state index in [1.165, 1.54) is 0 Å². The molecule has 1 unspecified atom stereocenters. The Labute approximate surface area is 223 Å². The van der Waals surface area contributed by atoms with Gasteiger partial charge < -0.3 is 31.1 Å². The van der Waals surface area contributed by atoms with Crippen LogP contribution >= 0.6 is 11.8 Å². The molecular weight excluding hydrogens is 531 g/mol. The van der Waals surface area contributed by atoms with Gasteiger partial charge >= 0.3 is 24.1 Å². The molecule has 2 rings (SSSR count). The number of halogens is 3. The third-order valence-electron chi connectivity index (χ3n) is 5.78. The third-order valence-corrected chi connectivity index (χ3v) is 7.29. The molecule has 2 aliphatic heterocycles. The van der Waals surface area contributed by atoms with E-state index in [4.69, 9.17) is 4.74 Å². The van der Waals surface area contributed by atoms with E-state index in [2.05, 4.69) is 26.3 Å². The second kappa shape index (κ2) is 13.9. The van der Waals surface area contributed by atoms with Crippen LogP contribution in [-0.4, -0.2) is 82.4 Å². The van der Waals surface area contributed by atoms with E-state index in [-0.39, 0.29) is 35.6 Å². The Hall–Kier alpha value is -2.71. The molecule has 3 amide bonds. The fourth-order valence-corrected chi connectivity index (χ4v) is 5.56. The fraction of sp³-hybridized carbons (Fsp3) is 0.783. The van der Waals surface area contributed by atoms with E-state index < -0.39 is 35.8 Å². The number of rotatable bonds is 12. The normalized spacial score (nSPS) is 22.7. The maximum Gasteiger partial charge on any atom is 0.473 e. The third kappa shape index (κ3) is 11.0. The molecule has 0 spiro atoms. The Balaban J connectivity index is 1.58. The van der Waals surface area contributed by atoms with Crippen LogP contribution in [0.15, 0.2) is 4.99 Å². The summed E-state index contributed by atoms with van der Waals surface area (Å²) in [4.78, 5) is 49.4. The van der Waals surface area contributed by atoms with E-state index >= 15 is 0 Å². The number of aliphatic imine (C=N–C) groups is 1. The molecule has 0 aromatic carbocycles. The number of carboxylic acid groups (broad SMARTS) is 1. The van der Waals surface area contributed by atoms with Crippen LogP contribution in [0.4, 0.5) is 18.0 Å². The van der Waals surface area contributed by atoms with Gasteiger partial charge in [-0.3, -0.25) is 9.59 Å². The predicted octanol–water partition coefficient (Wildman–Crippen LogP) is 2.30. The Morgan fingerprint density at radius 3 is 2.47 bits per heavy atom. The molecule has 2 aliphatic rings. The number of aliphatic carboxylic acids is 1. The first-order valence-corrected chi connectivity index (χ1v) is 13.5. The van der Waals surface area contributed by atoms with Crippen LogP contribution in [-0.2, 0) is 19.1 Å². The number of carbonyl (C=O) groups excluding carboxylic acids is 3. The number of carbonyl (C=O) groups is 4. The highest BCUT2D eigenvalue weighted by molar-refractivity contribution is 8.00. The molecule has 4 atom stereocenters. The summed E-state index contributed by atoms with van der Waals surface area (Å²) < 4.78 is 42.3. The average molecular weight is 568 g/mol. The van der Waals surface area contributed by atoms with Gasteiger partial charge in [-0.1, -0.05) is 6.42 Å². The van der Waals surface area contributed by atoms with E-state index in [1.807, 2.05) is 0 Å². The predicted molar refractivity (Wildman–Crippen MR) is 135 cm³/mol. The maximum absolute atomic E-state index is 12.4. The van der Waals surface area contributed by atoms with Crippen LogP contribution in [0.5, 0.6) is 0 Å². The molecule has 38 heavy (non-hydrogen) atoms. The second-order valence-electron chi connectivity index (χ2n) is 10.2. The van der Waals surface area contributed by atoms with Crippen LogP contribution in [0.3, 0.4) is 0 Å². The van der Waals surface area contributed by atoms with Crippen molar-refractivity contribution in [3.63, 3.8) is 0 Å². The number of fused-ring (bicyclic) bond motifs is 1. The van der Waals surface area contributed by atoms with E-state index in [9.17, 15) is 37.5 Å². The zero-order valence-electron chi connectivity index (χ0n) is 21.7. The van der Waals surface area contributed by atoms with Gasteiger partial charge in [0, 0.05) is 24.0 Å². The van der Waals surface area contributed by atoms with Crippen molar-refractivity contribution in [2.75, 3.05) is 12.3 Å². The van der Waals surface area contributed by atoms with Gasteiger partial charge in [0.1, 0.15) is 11.6 Å². The number of ether oxygens (including phenoxy) is 1. The summed E-state index contributed by atoms with van der Waals surface area (Å²) in [6.07, 6.45) is -2.11. The number of hydrogen-bond donors (Lipinski definition) is 5. The van der Waals surface area contributed by atoms with Crippen LogP contribution in [0.25, 0.3) is 0 Å². The lowest BCUT2D eigenvalue weighted by Crippen LogP contribution is -2.43. The van der Waals surface area contributed by atoms with Gasteiger partial charge in [-0.25, -0.2) is 9.59 Å². The summed E-state index contributed by atoms with van der Waals surface area (Å²) >= 11 is 1.69. The molecule has 0 saturated carbocycles. The van der Waals surface area contributed by atoms with Crippen molar-refractivity contribution in [2.45, 2.75) is 101 Å². The number of unbranched alkanes of at least 4 members (excludes halogenated alkanes) is 2. The van der Waals surface area contributed by atoms with Gasteiger partial charge in [-0.05, 0) is 52.9 Å². The number of thioether (sulfide) groups is 1. The summed E-state index contributed by atoms with van der Waals surface area (Å²) in [7, 11) is 0. The first-order chi connectivity index (χ1) is 17.7. The van der Waals surface area contributed by atoms with Crippen molar-refractivity contribution in [3.05, 3.63) is 0 Å². The highest BCUT2D eigenvalue weighted by Gasteiger charge is 2.44. The van der Waals surface area contributed by atoms with Gasteiger partial charge in [0.2, 0.25) is 5.91 Å². The molecule has 15 heteroatoms. The Kier molecular flexibility index (Phi) is 11.5. The topological polar surface area (TPSA) is 158 Å². The molecule has 0 aromatic rings. The lowest BCUT2D eigenvalue weighted by atomic mass is 10.0. The SMILES string of the molecule is CC(C)(C)OC(=O)N[C@@H](CCCCNC(=O)CCCC[C@@H]1SCC2N/C(=N/C(=O)C(F)(F)F)N[C@@H]21)C(=O)O. The molecular formula is C23H36F3N5O6S. The maximum atomic E-state index is 12.4. The standard InChI is InChI=1S/C23H36F3N5O6S/c1-22(2,3)37-21(36)29-13(18(33)34)8-6-7-11-27-16(32)10-5-4-9-15-17-14(12-38-15)28-20(30-17)31-19(35)23(24,25)26/h13-15,17H,4-12H2,1-3H3,(H,27,32)(H,29,36)(H,33,34)(H2,28,30,31,35)/t13-,14?,15-,17-/m0/s1. The summed E-state index contributed by atoms with van der Waals surface area (Å²) in [6.45, 7) is 5.42. The number of hydrogen-bond acceptors (Lipinski definition) is 6. The summed E-state index contributed by atoms with van der Waals surface area (Å²) in [5, 5.41) is 20.3. The number of nitrogens with zero attached hydrogens (tertiary/aromatic N) is 1. The molecule has 0 bridgehead atoms. The van der Waals surface area contributed by atoms with Crippen molar-refractivity contribution in [2.24, 2.45) is 4.99 Å². The van der Waals surface area contributed by atoms with Crippen molar-refractivity contribution in [1.82, 2.24) is 21.3 Å². The van der Waals surface area contributed by atoms with E-state index in [1.54, 1.807) is 32.5 Å². The van der Waals surface area contributed by atoms with Gasteiger partial charge in [-0.15, -0.1) is 0 Å². The van der Waals surface area contributed by atoms with Crippen molar-refractivity contribution in [1.29, 1.82) is 0 Å². The van der Waals surface area contributed by atoms with Gasteiger partial charge in [0.05, 0.1) is 12.1 Å². The smallest absolute Gasteiger partial charge is 0.473 e. The van der Waals surface area contributed by atoms with Crippen molar-refractivity contribution < 1.29 is 42.2 Å². The largest absolute Gasteiger partial charge is 0.480 e. The minimum Gasteiger partial charge on any atom is -0.480 e. The monoisotopic (exact) mass is 567 g/mol. The Morgan fingerprint density at radius 2 is 1.84 bits per heavy atom. The quantitative estimate of drug-likeness (QED) is 0.223. The van der Waals surface area contributed by atoms with Crippen LogP contribution in [0.2, 0.25) is 0 Å².